The topological polar surface area (TPSA) is 59.8 Å². The molecule has 0 saturated carbocycles. The third-order valence-corrected chi connectivity index (χ3v) is 5.92. The van der Waals surface area contributed by atoms with Gasteiger partial charge in [0.05, 0.1) is 13.1 Å². The lowest BCUT2D eigenvalue weighted by molar-refractivity contribution is -0.155. The summed E-state index contributed by atoms with van der Waals surface area (Å²) >= 11 is 0. The van der Waals surface area contributed by atoms with Crippen molar-refractivity contribution in [1.82, 2.24) is 19.4 Å². The summed E-state index contributed by atoms with van der Waals surface area (Å²) in [5.41, 5.74) is 0. The number of imidazole rings is 1. The molecule has 0 N–H and O–H groups in total. The Bertz CT molecular complexity index is 833. The van der Waals surface area contributed by atoms with Gasteiger partial charge in [-0.2, -0.15) is 0 Å². The number of morpholine rings is 1. The molecule has 1 aromatic heterocycles. The maximum absolute atomic E-state index is 13.0. The van der Waals surface area contributed by atoms with E-state index >= 15 is 0 Å². The predicted molar refractivity (Wildman–Crippen MR) is 110 cm³/mol. The molecule has 2 aliphatic heterocycles. The van der Waals surface area contributed by atoms with E-state index < -0.39 is 0 Å². The average molecular weight is 416 g/mol. The summed E-state index contributed by atoms with van der Waals surface area (Å²) in [5.74, 6) is 1.45. The number of rotatable bonds is 7. The van der Waals surface area contributed by atoms with Crippen LogP contribution < -0.4 is 4.74 Å². The molecule has 3 heterocycles. The molecular weight excluding hydrogens is 387 g/mol. The Hall–Kier alpha value is -2.45. The fraction of sp³-hybridized carbons (Fsp3) is 0.545. The van der Waals surface area contributed by atoms with Crippen molar-refractivity contribution >= 4 is 5.91 Å². The molecule has 2 aromatic rings. The Kier molecular flexibility index (Phi) is 6.64. The van der Waals surface area contributed by atoms with E-state index in [2.05, 4.69) is 21.4 Å². The summed E-state index contributed by atoms with van der Waals surface area (Å²) in [6.45, 7) is 6.75. The summed E-state index contributed by atoms with van der Waals surface area (Å²) in [6, 6.07) is 6.17. The minimum Gasteiger partial charge on any atom is -0.491 e. The van der Waals surface area contributed by atoms with E-state index in [0.29, 0.717) is 18.9 Å². The third kappa shape index (κ3) is 4.99. The standard InChI is InChI=1S/C22H29FN4O3/c1-2-26-12-9-24-21(26)14-25-10-7-18(8-11-25)27-13-20(30-16-22(27)28)15-29-19-5-3-17(23)4-6-19/h3-6,9,12,18,20H,2,7-8,10-11,13-16H2,1H3/t20-/m1/s1. The van der Waals surface area contributed by atoms with E-state index in [9.17, 15) is 9.18 Å². The lowest BCUT2D eigenvalue weighted by atomic mass is 10.0. The number of likely N-dealkylation sites (tertiary alicyclic amines) is 1. The van der Waals surface area contributed by atoms with E-state index in [0.717, 1.165) is 44.8 Å². The van der Waals surface area contributed by atoms with Crippen molar-refractivity contribution in [2.24, 2.45) is 0 Å². The second-order valence-electron chi connectivity index (χ2n) is 7.88. The molecule has 1 aromatic carbocycles. The Balaban J connectivity index is 1.27. The summed E-state index contributed by atoms with van der Waals surface area (Å²) in [7, 11) is 0. The van der Waals surface area contributed by atoms with Gasteiger partial charge >= 0.3 is 0 Å². The van der Waals surface area contributed by atoms with Crippen LogP contribution in [-0.4, -0.2) is 70.3 Å². The van der Waals surface area contributed by atoms with Crippen LogP contribution in [0.15, 0.2) is 36.7 Å². The highest BCUT2D eigenvalue weighted by Crippen LogP contribution is 2.22. The number of carbonyl (C=O) groups is 1. The maximum atomic E-state index is 13.0. The zero-order valence-corrected chi connectivity index (χ0v) is 17.4. The summed E-state index contributed by atoms with van der Waals surface area (Å²) in [5, 5.41) is 0. The molecular formula is C22H29FN4O3. The van der Waals surface area contributed by atoms with Crippen LogP contribution in [-0.2, 0) is 22.6 Å². The number of hydrogen-bond acceptors (Lipinski definition) is 5. The summed E-state index contributed by atoms with van der Waals surface area (Å²) in [6.07, 6.45) is 5.59. The number of piperidine rings is 1. The third-order valence-electron chi connectivity index (χ3n) is 5.92. The quantitative estimate of drug-likeness (QED) is 0.693. The van der Waals surface area contributed by atoms with Crippen LogP contribution in [0.25, 0.3) is 0 Å². The molecule has 0 bridgehead atoms. The van der Waals surface area contributed by atoms with Crippen molar-refractivity contribution in [3.63, 3.8) is 0 Å². The van der Waals surface area contributed by atoms with Crippen LogP contribution in [0, 0.1) is 5.82 Å². The lowest BCUT2D eigenvalue weighted by Gasteiger charge is -2.42. The molecule has 7 nitrogen and oxygen atoms in total. The van der Waals surface area contributed by atoms with Gasteiger partial charge in [0.25, 0.3) is 0 Å². The first-order chi connectivity index (χ1) is 14.6. The molecule has 0 unspecified atom stereocenters. The SMILES string of the molecule is CCn1ccnc1CN1CCC(N2C[C@H](COc3ccc(F)cc3)OCC2=O)CC1. The van der Waals surface area contributed by atoms with Gasteiger partial charge in [0.2, 0.25) is 5.91 Å². The molecule has 2 saturated heterocycles. The van der Waals surface area contributed by atoms with Crippen LogP contribution >= 0.6 is 0 Å². The second-order valence-corrected chi connectivity index (χ2v) is 7.88. The van der Waals surface area contributed by atoms with Gasteiger partial charge in [0, 0.05) is 38.1 Å². The number of benzene rings is 1. The average Bonchev–Trinajstić information content (AvgIpc) is 3.22. The Labute approximate surface area is 176 Å². The van der Waals surface area contributed by atoms with Crippen molar-refractivity contribution in [2.75, 3.05) is 32.8 Å². The minimum atomic E-state index is -0.293. The lowest BCUT2D eigenvalue weighted by Crippen LogP contribution is -2.55. The highest BCUT2D eigenvalue weighted by atomic mass is 19.1. The van der Waals surface area contributed by atoms with Gasteiger partial charge in [-0.25, -0.2) is 9.37 Å². The fourth-order valence-electron chi connectivity index (χ4n) is 4.19. The summed E-state index contributed by atoms with van der Waals surface area (Å²) in [4.78, 5) is 21.3. The largest absolute Gasteiger partial charge is 0.491 e. The fourth-order valence-corrected chi connectivity index (χ4v) is 4.19. The van der Waals surface area contributed by atoms with Gasteiger partial charge in [-0.1, -0.05) is 0 Å². The van der Waals surface area contributed by atoms with Crippen LogP contribution in [0.2, 0.25) is 0 Å². The monoisotopic (exact) mass is 416 g/mol. The number of hydrogen-bond donors (Lipinski definition) is 0. The minimum absolute atomic E-state index is 0.0491. The highest BCUT2D eigenvalue weighted by molar-refractivity contribution is 5.78. The van der Waals surface area contributed by atoms with Crippen LogP contribution in [0.1, 0.15) is 25.6 Å². The van der Waals surface area contributed by atoms with Crippen molar-refractivity contribution in [2.45, 2.75) is 45.0 Å². The number of aromatic nitrogens is 2. The highest BCUT2D eigenvalue weighted by Gasteiger charge is 2.34. The molecule has 0 radical (unpaired) electrons. The molecule has 4 rings (SSSR count). The zero-order chi connectivity index (χ0) is 20.9. The number of ether oxygens (including phenoxy) is 2. The summed E-state index contributed by atoms with van der Waals surface area (Å²) < 4.78 is 26.6. The van der Waals surface area contributed by atoms with Gasteiger partial charge in [-0.05, 0) is 44.0 Å². The number of carbonyl (C=O) groups excluding carboxylic acids is 1. The van der Waals surface area contributed by atoms with Crippen LogP contribution in [0.3, 0.4) is 0 Å². The zero-order valence-electron chi connectivity index (χ0n) is 17.4. The van der Waals surface area contributed by atoms with E-state index in [4.69, 9.17) is 9.47 Å². The first-order valence-electron chi connectivity index (χ1n) is 10.6. The molecule has 2 fully saturated rings. The van der Waals surface area contributed by atoms with E-state index in [1.165, 1.54) is 12.1 Å². The van der Waals surface area contributed by atoms with Gasteiger partial charge in [0.1, 0.15) is 36.7 Å². The Morgan fingerprint density at radius 3 is 2.73 bits per heavy atom. The molecule has 30 heavy (non-hydrogen) atoms. The van der Waals surface area contributed by atoms with E-state index in [1.54, 1.807) is 12.1 Å². The van der Waals surface area contributed by atoms with E-state index in [1.807, 2.05) is 17.3 Å². The van der Waals surface area contributed by atoms with Crippen molar-refractivity contribution in [3.8, 4) is 5.75 Å². The second kappa shape index (κ2) is 9.57. The molecule has 162 valence electrons. The van der Waals surface area contributed by atoms with Crippen molar-refractivity contribution in [1.29, 1.82) is 0 Å². The van der Waals surface area contributed by atoms with Crippen LogP contribution in [0.5, 0.6) is 5.75 Å². The van der Waals surface area contributed by atoms with Gasteiger partial charge in [-0.3, -0.25) is 9.69 Å². The maximum Gasteiger partial charge on any atom is 0.248 e. The number of aryl methyl sites for hydroxylation is 1. The first kappa shape index (κ1) is 20.8. The molecule has 0 spiro atoms. The van der Waals surface area contributed by atoms with E-state index in [-0.39, 0.29) is 30.5 Å². The smallest absolute Gasteiger partial charge is 0.248 e. The number of halogens is 1. The van der Waals surface area contributed by atoms with Gasteiger partial charge in [-0.15, -0.1) is 0 Å². The normalized spacial score (nSPS) is 21.2. The Morgan fingerprint density at radius 1 is 1.23 bits per heavy atom. The van der Waals surface area contributed by atoms with Gasteiger partial charge < -0.3 is 18.9 Å². The predicted octanol–water partition coefficient (Wildman–Crippen LogP) is 2.31. The number of amides is 1. The van der Waals surface area contributed by atoms with Crippen LogP contribution in [0.4, 0.5) is 4.39 Å². The first-order valence-corrected chi connectivity index (χ1v) is 10.6. The molecule has 1 atom stereocenters. The van der Waals surface area contributed by atoms with Gasteiger partial charge in [0.15, 0.2) is 0 Å². The number of nitrogens with zero attached hydrogens (tertiary/aromatic N) is 4. The molecule has 0 aliphatic carbocycles. The Morgan fingerprint density at radius 2 is 2.00 bits per heavy atom. The molecule has 8 heteroatoms. The molecule has 2 aliphatic rings. The molecule has 1 amide bonds. The van der Waals surface area contributed by atoms with Crippen molar-refractivity contribution in [3.05, 3.63) is 48.3 Å². The van der Waals surface area contributed by atoms with Crippen molar-refractivity contribution < 1.29 is 18.7 Å².